The van der Waals surface area contributed by atoms with Crippen LogP contribution in [0.5, 0.6) is 0 Å². The highest BCUT2D eigenvalue weighted by Crippen LogP contribution is 2.18. The van der Waals surface area contributed by atoms with Gasteiger partial charge in [-0.15, -0.1) is 0 Å². The lowest BCUT2D eigenvalue weighted by atomic mass is 10.1. The van der Waals surface area contributed by atoms with E-state index in [9.17, 15) is 0 Å². The maximum Gasteiger partial charge on any atom is 0.197 e. The third kappa shape index (κ3) is 1.88. The smallest absolute Gasteiger partial charge is 0.197 e. The molecule has 7 nitrogen and oxygen atoms in total. The Morgan fingerprint density at radius 3 is 2.71 bits per heavy atom. The Hall–Kier alpha value is -1.47. The number of rotatable bonds is 3. The largest absolute Gasteiger partial charge is 0.395 e. The van der Waals surface area contributed by atoms with E-state index in [-0.39, 0.29) is 11.8 Å². The van der Waals surface area contributed by atoms with Crippen LogP contribution in [0, 0.1) is 0 Å². The predicted octanol–water partition coefficient (Wildman–Crippen LogP) is -2.10. The van der Waals surface area contributed by atoms with Gasteiger partial charge in [-0.2, -0.15) is 4.99 Å². The zero-order valence-electron chi connectivity index (χ0n) is 8.29. The lowest BCUT2D eigenvalue weighted by Crippen LogP contribution is -2.58. The van der Waals surface area contributed by atoms with Gasteiger partial charge in [-0.3, -0.25) is 5.32 Å². The molecule has 0 spiro atoms. The first kappa shape index (κ1) is 10.6. The molecule has 1 heterocycles. The van der Waals surface area contributed by atoms with Crippen molar-refractivity contribution in [2.24, 2.45) is 22.2 Å². The van der Waals surface area contributed by atoms with Gasteiger partial charge < -0.3 is 27.3 Å². The van der Waals surface area contributed by atoms with Gasteiger partial charge in [0.25, 0.3) is 0 Å². The van der Waals surface area contributed by atoms with Crippen LogP contribution >= 0.6 is 0 Å². The molecule has 1 aliphatic rings. The van der Waals surface area contributed by atoms with E-state index in [0.29, 0.717) is 12.4 Å². The third-order valence-electron chi connectivity index (χ3n) is 1.90. The molecule has 1 aliphatic heterocycles. The standard InChI is InChI=1S/C7H16N6O/c1-7(14-3-11-2)4(8)5(9)12-6(10)13-7/h11H,3,8-9H2,1-2H3,(H3,10,12,13). The fraction of sp³-hybridized carbons (Fsp3) is 0.571. The summed E-state index contributed by atoms with van der Waals surface area (Å²) in [5.41, 5.74) is 16.2. The first-order chi connectivity index (χ1) is 6.49. The van der Waals surface area contributed by atoms with Crippen LogP contribution in [0.2, 0.25) is 0 Å². The number of nitrogens with one attached hydrogen (secondary N) is 2. The molecule has 0 saturated carbocycles. The van der Waals surface area contributed by atoms with E-state index in [2.05, 4.69) is 15.6 Å². The number of nitrogens with zero attached hydrogens (tertiary/aromatic N) is 1. The van der Waals surface area contributed by atoms with E-state index in [0.717, 1.165) is 0 Å². The van der Waals surface area contributed by atoms with Gasteiger partial charge in [-0.1, -0.05) is 0 Å². The van der Waals surface area contributed by atoms with Crippen molar-refractivity contribution >= 4 is 5.96 Å². The molecule has 80 valence electrons. The fourth-order valence-corrected chi connectivity index (χ4v) is 1.10. The number of hydrogen-bond donors (Lipinski definition) is 5. The lowest BCUT2D eigenvalue weighted by Gasteiger charge is -2.34. The summed E-state index contributed by atoms with van der Waals surface area (Å²) in [6, 6.07) is 0. The quantitative estimate of drug-likeness (QED) is 0.332. The van der Waals surface area contributed by atoms with Crippen LogP contribution in [0.25, 0.3) is 0 Å². The van der Waals surface area contributed by atoms with Crippen LogP contribution in [0.1, 0.15) is 6.92 Å². The van der Waals surface area contributed by atoms with Gasteiger partial charge >= 0.3 is 0 Å². The van der Waals surface area contributed by atoms with Crippen LogP contribution in [0.15, 0.2) is 16.5 Å². The molecule has 0 bridgehead atoms. The number of guanidine groups is 1. The molecule has 1 rings (SSSR count). The molecule has 1 unspecified atom stereocenters. The molecule has 1 atom stereocenters. The minimum absolute atomic E-state index is 0.180. The van der Waals surface area contributed by atoms with Gasteiger partial charge in [0.2, 0.25) is 0 Å². The molecule has 8 N–H and O–H groups in total. The zero-order valence-corrected chi connectivity index (χ0v) is 8.29. The van der Waals surface area contributed by atoms with Crippen molar-refractivity contribution in [2.45, 2.75) is 12.6 Å². The van der Waals surface area contributed by atoms with Crippen molar-refractivity contribution in [3.63, 3.8) is 0 Å². The van der Waals surface area contributed by atoms with Crippen LogP contribution in [-0.2, 0) is 4.74 Å². The Bertz CT molecular complexity index is 286. The Morgan fingerprint density at radius 2 is 2.14 bits per heavy atom. The number of hydrogen-bond acceptors (Lipinski definition) is 7. The molecule has 0 radical (unpaired) electrons. The number of nitrogens with two attached hydrogens (primary N) is 3. The predicted molar refractivity (Wildman–Crippen MR) is 53.6 cm³/mol. The van der Waals surface area contributed by atoms with E-state index >= 15 is 0 Å². The lowest BCUT2D eigenvalue weighted by molar-refractivity contribution is -0.0253. The summed E-state index contributed by atoms with van der Waals surface area (Å²) in [4.78, 5) is 3.78. The first-order valence-electron chi connectivity index (χ1n) is 4.16. The Balaban J connectivity index is 2.85. The maximum atomic E-state index is 5.74. The molecule has 0 amide bonds. The highest BCUT2D eigenvalue weighted by atomic mass is 16.5. The summed E-state index contributed by atoms with van der Waals surface area (Å²) in [6.07, 6.45) is 0. The highest BCUT2D eigenvalue weighted by molar-refractivity contribution is 5.81. The third-order valence-corrected chi connectivity index (χ3v) is 1.90. The normalized spacial score (nSPS) is 27.1. The number of ether oxygens (including phenoxy) is 1. The summed E-state index contributed by atoms with van der Waals surface area (Å²) in [6.45, 7) is 2.05. The van der Waals surface area contributed by atoms with Crippen molar-refractivity contribution in [1.29, 1.82) is 0 Å². The number of aliphatic imine (C=N–C) groups is 1. The molecule has 0 aromatic carbocycles. The second kappa shape index (κ2) is 3.72. The van der Waals surface area contributed by atoms with E-state index in [1.807, 2.05) is 0 Å². The average Bonchev–Trinajstić information content (AvgIpc) is 2.11. The van der Waals surface area contributed by atoms with Gasteiger partial charge in [-0.05, 0) is 14.0 Å². The van der Waals surface area contributed by atoms with Gasteiger partial charge in [0.1, 0.15) is 5.70 Å². The van der Waals surface area contributed by atoms with Crippen LogP contribution < -0.4 is 27.8 Å². The SMILES string of the molecule is CNCOC1(C)NC(N)=NC(N)=C1N. The molecule has 0 aromatic heterocycles. The summed E-state index contributed by atoms with van der Waals surface area (Å²) in [5, 5.41) is 5.64. The van der Waals surface area contributed by atoms with Crippen molar-refractivity contribution < 1.29 is 4.74 Å². The maximum absolute atomic E-state index is 5.74. The molecule has 0 aromatic rings. The van der Waals surface area contributed by atoms with Gasteiger partial charge in [0, 0.05) is 0 Å². The fourth-order valence-electron chi connectivity index (χ4n) is 1.10. The van der Waals surface area contributed by atoms with Crippen molar-refractivity contribution in [3.8, 4) is 0 Å². The minimum Gasteiger partial charge on any atom is -0.395 e. The van der Waals surface area contributed by atoms with E-state index < -0.39 is 5.72 Å². The van der Waals surface area contributed by atoms with Gasteiger partial charge in [0.05, 0.1) is 6.73 Å². The molecular formula is C7H16N6O. The van der Waals surface area contributed by atoms with E-state index in [1.54, 1.807) is 14.0 Å². The first-order valence-corrected chi connectivity index (χ1v) is 4.16. The van der Waals surface area contributed by atoms with Gasteiger partial charge in [0.15, 0.2) is 17.5 Å². The van der Waals surface area contributed by atoms with Crippen molar-refractivity contribution in [3.05, 3.63) is 11.5 Å². The Kier molecular flexibility index (Phi) is 2.82. The van der Waals surface area contributed by atoms with E-state index in [1.165, 1.54) is 0 Å². The second-order valence-electron chi connectivity index (χ2n) is 3.10. The minimum atomic E-state index is -0.904. The van der Waals surface area contributed by atoms with Gasteiger partial charge in [-0.25, -0.2) is 0 Å². The topological polar surface area (TPSA) is 124 Å². The molecule has 0 saturated heterocycles. The molecule has 0 aliphatic carbocycles. The zero-order chi connectivity index (χ0) is 10.8. The monoisotopic (exact) mass is 200 g/mol. The van der Waals surface area contributed by atoms with Crippen LogP contribution in [-0.4, -0.2) is 25.5 Å². The van der Waals surface area contributed by atoms with E-state index in [4.69, 9.17) is 21.9 Å². The van der Waals surface area contributed by atoms with Crippen molar-refractivity contribution in [2.75, 3.05) is 13.8 Å². The molecular weight excluding hydrogens is 184 g/mol. The van der Waals surface area contributed by atoms with Crippen LogP contribution in [0.3, 0.4) is 0 Å². The summed E-state index contributed by atoms with van der Waals surface area (Å²) < 4.78 is 5.43. The highest BCUT2D eigenvalue weighted by Gasteiger charge is 2.33. The second-order valence-corrected chi connectivity index (χ2v) is 3.10. The summed E-state index contributed by atoms with van der Waals surface area (Å²) >= 11 is 0. The Morgan fingerprint density at radius 1 is 1.50 bits per heavy atom. The Labute approximate surface area is 82.4 Å². The summed E-state index contributed by atoms with van der Waals surface area (Å²) in [7, 11) is 1.76. The average molecular weight is 200 g/mol. The van der Waals surface area contributed by atoms with Crippen LogP contribution in [0.4, 0.5) is 0 Å². The summed E-state index contributed by atoms with van der Waals surface area (Å²) in [5.74, 6) is 0.371. The molecule has 14 heavy (non-hydrogen) atoms. The van der Waals surface area contributed by atoms with Crippen molar-refractivity contribution in [1.82, 2.24) is 10.6 Å². The molecule has 7 heteroatoms. The molecule has 0 fully saturated rings.